The van der Waals surface area contributed by atoms with E-state index in [1.165, 1.54) is 23.2 Å². The fourth-order valence-electron chi connectivity index (χ4n) is 1.77. The number of thiophene rings is 1. The van der Waals surface area contributed by atoms with Gasteiger partial charge >= 0.3 is 0 Å². The van der Waals surface area contributed by atoms with E-state index in [0.29, 0.717) is 11.4 Å². The number of rotatable bonds is 3. The lowest BCUT2D eigenvalue weighted by atomic mass is 10.2. The summed E-state index contributed by atoms with van der Waals surface area (Å²) in [4.78, 5) is 26.0. The summed E-state index contributed by atoms with van der Waals surface area (Å²) in [6.45, 7) is 1.38. The lowest BCUT2D eigenvalue weighted by Crippen LogP contribution is -2.36. The zero-order chi connectivity index (χ0) is 13.8. The van der Waals surface area contributed by atoms with Crippen molar-refractivity contribution in [2.24, 2.45) is 0 Å². The van der Waals surface area contributed by atoms with Gasteiger partial charge in [0.25, 0.3) is 0 Å². The van der Waals surface area contributed by atoms with Crippen LogP contribution in [-0.4, -0.2) is 11.8 Å². The van der Waals surface area contributed by atoms with Gasteiger partial charge in [-0.25, -0.2) is 0 Å². The summed E-state index contributed by atoms with van der Waals surface area (Å²) < 4.78 is 0. The second-order valence-electron chi connectivity index (χ2n) is 4.10. The number of anilines is 2. The van der Waals surface area contributed by atoms with Gasteiger partial charge < -0.3 is 5.73 Å². The largest absolute Gasteiger partial charge is 0.399 e. The molecule has 1 aromatic heterocycles. The van der Waals surface area contributed by atoms with Crippen LogP contribution in [-0.2, 0) is 16.0 Å². The topological polar surface area (TPSA) is 63.4 Å². The van der Waals surface area contributed by atoms with E-state index < -0.39 is 0 Å². The zero-order valence-corrected chi connectivity index (χ0v) is 11.3. The summed E-state index contributed by atoms with van der Waals surface area (Å²) in [5.41, 5.74) is 6.74. The molecule has 2 rings (SSSR count). The maximum atomic E-state index is 12.2. The zero-order valence-electron chi connectivity index (χ0n) is 10.5. The predicted molar refractivity (Wildman–Crippen MR) is 77.0 cm³/mol. The number of nitrogens with zero attached hydrogens (tertiary/aromatic N) is 1. The van der Waals surface area contributed by atoms with Crippen molar-refractivity contribution in [2.75, 3.05) is 10.6 Å². The van der Waals surface area contributed by atoms with Gasteiger partial charge in [0.1, 0.15) is 0 Å². The van der Waals surface area contributed by atoms with Gasteiger partial charge in [0, 0.05) is 17.5 Å². The molecule has 0 aliphatic heterocycles. The van der Waals surface area contributed by atoms with Crippen molar-refractivity contribution < 1.29 is 9.59 Å². The monoisotopic (exact) mass is 274 g/mol. The Morgan fingerprint density at radius 1 is 1.21 bits per heavy atom. The normalized spacial score (nSPS) is 10.2. The van der Waals surface area contributed by atoms with Gasteiger partial charge in [-0.1, -0.05) is 6.07 Å². The van der Waals surface area contributed by atoms with E-state index in [4.69, 9.17) is 5.73 Å². The molecule has 19 heavy (non-hydrogen) atoms. The van der Waals surface area contributed by atoms with Crippen molar-refractivity contribution in [3.63, 3.8) is 0 Å². The predicted octanol–water partition coefficient (Wildman–Crippen LogP) is 2.45. The van der Waals surface area contributed by atoms with E-state index in [1.54, 1.807) is 24.3 Å². The van der Waals surface area contributed by atoms with E-state index in [9.17, 15) is 9.59 Å². The van der Waals surface area contributed by atoms with Gasteiger partial charge in [0.15, 0.2) is 0 Å². The third-order valence-corrected chi connectivity index (χ3v) is 3.50. The minimum Gasteiger partial charge on any atom is -0.399 e. The first-order chi connectivity index (χ1) is 9.08. The molecule has 0 spiro atoms. The van der Waals surface area contributed by atoms with Gasteiger partial charge in [-0.05, 0) is 35.7 Å². The molecular formula is C14H14N2O2S. The minimum absolute atomic E-state index is 0.224. The maximum Gasteiger partial charge on any atom is 0.239 e. The molecule has 0 bridgehead atoms. The van der Waals surface area contributed by atoms with Crippen LogP contribution in [0.1, 0.15) is 11.8 Å². The highest BCUT2D eigenvalue weighted by molar-refractivity contribution is 7.10. The smallest absolute Gasteiger partial charge is 0.239 e. The molecule has 0 saturated carbocycles. The van der Waals surface area contributed by atoms with Crippen LogP contribution in [0.25, 0.3) is 0 Å². The third kappa shape index (κ3) is 3.20. The molecule has 0 radical (unpaired) electrons. The maximum absolute atomic E-state index is 12.2. The van der Waals surface area contributed by atoms with E-state index in [1.807, 2.05) is 17.5 Å². The molecular weight excluding hydrogens is 260 g/mol. The quantitative estimate of drug-likeness (QED) is 0.874. The second kappa shape index (κ2) is 5.67. The highest BCUT2D eigenvalue weighted by Gasteiger charge is 2.20. The molecule has 2 amide bonds. The molecule has 1 aromatic carbocycles. The van der Waals surface area contributed by atoms with Crippen LogP contribution in [0.5, 0.6) is 0 Å². The number of nitrogen functional groups attached to an aromatic ring is 1. The molecule has 0 saturated heterocycles. The molecule has 0 fully saturated rings. The molecule has 0 aliphatic carbocycles. The van der Waals surface area contributed by atoms with Crippen LogP contribution in [0.15, 0.2) is 41.8 Å². The minimum atomic E-state index is -0.300. The Morgan fingerprint density at radius 3 is 2.42 bits per heavy atom. The van der Waals surface area contributed by atoms with Gasteiger partial charge in [0.2, 0.25) is 11.8 Å². The first-order valence-corrected chi connectivity index (χ1v) is 6.67. The van der Waals surface area contributed by atoms with Crippen molar-refractivity contribution in [1.29, 1.82) is 0 Å². The molecule has 5 heteroatoms. The third-order valence-electron chi connectivity index (χ3n) is 2.62. The van der Waals surface area contributed by atoms with Crippen LogP contribution in [0.2, 0.25) is 0 Å². The van der Waals surface area contributed by atoms with Crippen LogP contribution < -0.4 is 10.6 Å². The molecule has 0 atom stereocenters. The number of hydrogen-bond acceptors (Lipinski definition) is 4. The fourth-order valence-corrected chi connectivity index (χ4v) is 2.46. The molecule has 4 nitrogen and oxygen atoms in total. The van der Waals surface area contributed by atoms with Crippen molar-refractivity contribution in [3.8, 4) is 0 Å². The second-order valence-corrected chi connectivity index (χ2v) is 5.13. The number of carbonyl (C=O) groups is 2. The van der Waals surface area contributed by atoms with E-state index in [0.717, 1.165) is 4.88 Å². The number of hydrogen-bond donors (Lipinski definition) is 1. The Kier molecular flexibility index (Phi) is 3.97. The first-order valence-electron chi connectivity index (χ1n) is 5.79. The summed E-state index contributed by atoms with van der Waals surface area (Å²) in [7, 11) is 0. The van der Waals surface area contributed by atoms with Crippen LogP contribution in [0.3, 0.4) is 0 Å². The average molecular weight is 274 g/mol. The summed E-state index contributed by atoms with van der Waals surface area (Å²) in [6, 6.07) is 10.4. The Balaban J connectivity index is 2.22. The number of carbonyl (C=O) groups excluding carboxylic acids is 2. The van der Waals surface area contributed by atoms with Crippen molar-refractivity contribution in [2.45, 2.75) is 13.3 Å². The van der Waals surface area contributed by atoms with Crippen LogP contribution >= 0.6 is 11.3 Å². The summed E-state index contributed by atoms with van der Waals surface area (Å²) in [5, 5.41) is 1.91. The standard InChI is InChI=1S/C14H14N2O2S/c1-10(17)16(12-6-4-11(15)5-7-12)14(18)9-13-3-2-8-19-13/h2-8H,9,15H2,1H3. The van der Waals surface area contributed by atoms with Gasteiger partial charge in [-0.3, -0.25) is 14.5 Å². The lowest BCUT2D eigenvalue weighted by molar-refractivity contribution is -0.125. The van der Waals surface area contributed by atoms with E-state index in [-0.39, 0.29) is 18.2 Å². The highest BCUT2D eigenvalue weighted by atomic mass is 32.1. The summed E-state index contributed by atoms with van der Waals surface area (Å²) >= 11 is 1.50. The lowest BCUT2D eigenvalue weighted by Gasteiger charge is -2.19. The van der Waals surface area contributed by atoms with Crippen molar-refractivity contribution >= 4 is 34.5 Å². The Bertz CT molecular complexity index is 576. The number of benzene rings is 1. The molecule has 0 aliphatic rings. The van der Waals surface area contributed by atoms with Crippen LogP contribution in [0.4, 0.5) is 11.4 Å². The summed E-state index contributed by atoms with van der Waals surface area (Å²) in [5.74, 6) is -0.536. The van der Waals surface area contributed by atoms with E-state index >= 15 is 0 Å². The molecule has 98 valence electrons. The Hall–Kier alpha value is -2.14. The van der Waals surface area contributed by atoms with Gasteiger partial charge in [-0.2, -0.15) is 0 Å². The van der Waals surface area contributed by atoms with Crippen molar-refractivity contribution in [3.05, 3.63) is 46.7 Å². The van der Waals surface area contributed by atoms with Gasteiger partial charge in [-0.15, -0.1) is 11.3 Å². The highest BCUT2D eigenvalue weighted by Crippen LogP contribution is 2.19. The van der Waals surface area contributed by atoms with Gasteiger partial charge in [0.05, 0.1) is 12.1 Å². The van der Waals surface area contributed by atoms with Crippen molar-refractivity contribution in [1.82, 2.24) is 0 Å². The van der Waals surface area contributed by atoms with Crippen LogP contribution in [0, 0.1) is 0 Å². The molecule has 1 heterocycles. The molecule has 2 aromatic rings. The molecule has 0 unspecified atom stereocenters. The Morgan fingerprint density at radius 2 is 1.89 bits per heavy atom. The number of amides is 2. The van der Waals surface area contributed by atoms with E-state index in [2.05, 4.69) is 0 Å². The Labute approximate surface area is 115 Å². The fraction of sp³-hybridized carbons (Fsp3) is 0.143. The first kappa shape index (κ1) is 13.3. The molecule has 2 N–H and O–H groups in total. The number of imide groups is 1. The summed E-state index contributed by atoms with van der Waals surface area (Å²) in [6.07, 6.45) is 0.224. The number of nitrogens with two attached hydrogens (primary N) is 1. The average Bonchev–Trinajstić information content (AvgIpc) is 2.84. The SMILES string of the molecule is CC(=O)N(C(=O)Cc1cccs1)c1ccc(N)cc1.